The lowest BCUT2D eigenvalue weighted by Crippen LogP contribution is -2.26. The first kappa shape index (κ1) is 13.6. The summed E-state index contributed by atoms with van der Waals surface area (Å²) < 4.78 is 26.1. The number of phenolic OH excluding ortho intramolecular Hbond substituents is 1. The van der Waals surface area contributed by atoms with E-state index < -0.39 is 10.0 Å². The number of aromatic nitrogens is 1. The van der Waals surface area contributed by atoms with Crippen LogP contribution in [0.3, 0.4) is 0 Å². The average molecular weight is 299 g/mol. The first-order valence-electron chi connectivity index (χ1n) is 5.33. The van der Waals surface area contributed by atoms with Crippen molar-refractivity contribution in [3.63, 3.8) is 0 Å². The number of hydrogen-bond acceptors (Lipinski definition) is 6. The van der Waals surface area contributed by atoms with Crippen LogP contribution in [0.15, 0.2) is 28.5 Å². The van der Waals surface area contributed by atoms with Crippen LogP contribution < -0.4 is 10.0 Å². The molecule has 0 fully saturated rings. The third-order valence-electron chi connectivity index (χ3n) is 2.58. The van der Waals surface area contributed by atoms with Gasteiger partial charge in [-0.15, -0.1) is 0 Å². The molecule has 102 valence electrons. The fourth-order valence-electron chi connectivity index (χ4n) is 1.57. The predicted octanol–water partition coefficient (Wildman–Crippen LogP) is 1.56. The van der Waals surface area contributed by atoms with Crippen LogP contribution in [0.5, 0.6) is 5.75 Å². The van der Waals surface area contributed by atoms with Crippen molar-refractivity contribution in [2.24, 2.45) is 0 Å². The number of thiazole rings is 1. The molecule has 0 saturated heterocycles. The number of benzene rings is 1. The lowest BCUT2D eigenvalue weighted by atomic mass is 10.3. The van der Waals surface area contributed by atoms with Crippen molar-refractivity contribution in [2.45, 2.75) is 11.1 Å². The molecule has 19 heavy (non-hydrogen) atoms. The van der Waals surface area contributed by atoms with Gasteiger partial charge in [0.15, 0.2) is 9.34 Å². The third kappa shape index (κ3) is 2.49. The van der Waals surface area contributed by atoms with Crippen molar-refractivity contribution in [2.75, 3.05) is 17.1 Å². The Labute approximate surface area is 115 Å². The van der Waals surface area contributed by atoms with Crippen LogP contribution in [-0.4, -0.2) is 25.6 Å². The zero-order valence-electron chi connectivity index (χ0n) is 10.4. The lowest BCUT2D eigenvalue weighted by Gasteiger charge is -2.18. The minimum Gasteiger partial charge on any atom is -0.508 e. The van der Waals surface area contributed by atoms with Gasteiger partial charge in [-0.1, -0.05) is 11.3 Å². The van der Waals surface area contributed by atoms with E-state index in [0.29, 0.717) is 11.4 Å². The van der Waals surface area contributed by atoms with Gasteiger partial charge in [0.1, 0.15) is 5.75 Å². The molecule has 0 aliphatic rings. The normalized spacial score (nSPS) is 11.5. The summed E-state index contributed by atoms with van der Waals surface area (Å²) in [6.07, 6.45) is 0. The fourth-order valence-corrected chi connectivity index (χ4v) is 4.21. The van der Waals surface area contributed by atoms with E-state index in [1.54, 1.807) is 6.92 Å². The number of nitrogen functional groups attached to an aromatic ring is 1. The molecule has 3 N–H and O–H groups in total. The fraction of sp³-hybridized carbons (Fsp3) is 0.182. The van der Waals surface area contributed by atoms with E-state index in [-0.39, 0.29) is 15.1 Å². The summed E-state index contributed by atoms with van der Waals surface area (Å²) in [7, 11) is -2.25. The number of aryl methyl sites for hydroxylation is 1. The Kier molecular flexibility index (Phi) is 3.38. The van der Waals surface area contributed by atoms with Crippen LogP contribution in [0, 0.1) is 6.92 Å². The van der Waals surface area contributed by atoms with E-state index in [0.717, 1.165) is 15.6 Å². The van der Waals surface area contributed by atoms with Gasteiger partial charge in [0.2, 0.25) is 0 Å². The van der Waals surface area contributed by atoms with Gasteiger partial charge in [-0.3, -0.25) is 4.31 Å². The molecule has 0 unspecified atom stereocenters. The van der Waals surface area contributed by atoms with E-state index >= 15 is 0 Å². The van der Waals surface area contributed by atoms with E-state index in [1.807, 2.05) is 0 Å². The maximum atomic E-state index is 12.4. The molecule has 0 saturated carbocycles. The highest BCUT2D eigenvalue weighted by Crippen LogP contribution is 2.30. The molecule has 8 heteroatoms. The summed E-state index contributed by atoms with van der Waals surface area (Å²) in [4.78, 5) is 3.92. The Morgan fingerprint density at radius 2 is 1.89 bits per heavy atom. The quantitative estimate of drug-likeness (QED) is 0.896. The summed E-state index contributed by atoms with van der Waals surface area (Å²) in [6, 6.07) is 5.89. The van der Waals surface area contributed by atoms with E-state index in [4.69, 9.17) is 5.73 Å². The second-order valence-corrected chi connectivity index (χ2v) is 7.11. The maximum absolute atomic E-state index is 12.4. The molecule has 0 radical (unpaired) electrons. The molecule has 0 spiro atoms. The Morgan fingerprint density at radius 1 is 1.32 bits per heavy atom. The van der Waals surface area contributed by atoms with Gasteiger partial charge in [-0.2, -0.15) is 0 Å². The van der Waals surface area contributed by atoms with Gasteiger partial charge < -0.3 is 10.8 Å². The highest BCUT2D eigenvalue weighted by atomic mass is 32.2. The van der Waals surface area contributed by atoms with Gasteiger partial charge in [0.05, 0.1) is 11.4 Å². The zero-order chi connectivity index (χ0) is 14.2. The molecule has 0 amide bonds. The van der Waals surface area contributed by atoms with Crippen LogP contribution >= 0.6 is 11.3 Å². The molecule has 0 aliphatic heterocycles. The highest BCUT2D eigenvalue weighted by Gasteiger charge is 2.26. The van der Waals surface area contributed by atoms with Crippen molar-refractivity contribution < 1.29 is 13.5 Å². The monoisotopic (exact) mass is 299 g/mol. The van der Waals surface area contributed by atoms with Crippen molar-refractivity contribution >= 4 is 32.2 Å². The molecule has 0 bridgehead atoms. The van der Waals surface area contributed by atoms with Crippen molar-refractivity contribution in [1.82, 2.24) is 4.98 Å². The van der Waals surface area contributed by atoms with E-state index in [1.165, 1.54) is 31.3 Å². The minimum atomic E-state index is -3.69. The number of hydrogen-bond donors (Lipinski definition) is 2. The summed E-state index contributed by atoms with van der Waals surface area (Å²) in [5.74, 6) is 0.0766. The second-order valence-electron chi connectivity index (χ2n) is 3.91. The Bertz CT molecular complexity index is 692. The van der Waals surface area contributed by atoms with Gasteiger partial charge in [-0.25, -0.2) is 13.4 Å². The minimum absolute atomic E-state index is 0.0766. The van der Waals surface area contributed by atoms with Crippen molar-refractivity contribution in [1.29, 1.82) is 0 Å². The maximum Gasteiger partial charge on any atom is 0.275 e. The molecule has 2 aromatic rings. The highest BCUT2D eigenvalue weighted by molar-refractivity contribution is 7.94. The number of phenols is 1. The average Bonchev–Trinajstić information content (AvgIpc) is 2.69. The molecule has 1 aromatic heterocycles. The number of nitrogens with zero attached hydrogens (tertiary/aromatic N) is 2. The molecule has 6 nitrogen and oxygen atoms in total. The second kappa shape index (κ2) is 4.71. The lowest BCUT2D eigenvalue weighted by molar-refractivity contribution is 0.475. The first-order valence-corrected chi connectivity index (χ1v) is 7.59. The Morgan fingerprint density at radius 3 is 2.37 bits per heavy atom. The molecule has 1 heterocycles. The summed E-state index contributed by atoms with van der Waals surface area (Å²) in [6.45, 7) is 1.60. The van der Waals surface area contributed by atoms with Crippen LogP contribution in [0.2, 0.25) is 0 Å². The molecule has 2 rings (SSSR count). The standard InChI is InChI=1S/C11H13N3O3S2/c1-7-10(18-11(12)13-7)19(16,17)14(2)8-3-5-9(15)6-4-8/h3-6,15H,1-2H3,(H2,12,13). The third-order valence-corrected chi connectivity index (χ3v) is 5.94. The number of anilines is 2. The molecular weight excluding hydrogens is 286 g/mol. The van der Waals surface area contributed by atoms with Gasteiger partial charge in [0.25, 0.3) is 10.0 Å². The number of nitrogens with two attached hydrogens (primary N) is 1. The largest absolute Gasteiger partial charge is 0.508 e. The number of aromatic hydroxyl groups is 1. The van der Waals surface area contributed by atoms with Crippen LogP contribution in [0.4, 0.5) is 10.8 Å². The van der Waals surface area contributed by atoms with Gasteiger partial charge in [0, 0.05) is 7.05 Å². The Balaban J connectivity index is 2.45. The topological polar surface area (TPSA) is 96.5 Å². The molecule has 1 aromatic carbocycles. The van der Waals surface area contributed by atoms with Crippen LogP contribution in [0.1, 0.15) is 5.69 Å². The molecule has 0 atom stereocenters. The first-order chi connectivity index (χ1) is 8.82. The SMILES string of the molecule is Cc1nc(N)sc1S(=O)(=O)N(C)c1ccc(O)cc1. The summed E-state index contributed by atoms with van der Waals surface area (Å²) in [5.41, 5.74) is 6.36. The number of sulfonamides is 1. The molecular formula is C11H13N3O3S2. The summed E-state index contributed by atoms with van der Waals surface area (Å²) >= 11 is 0.935. The number of rotatable bonds is 3. The van der Waals surface area contributed by atoms with Gasteiger partial charge >= 0.3 is 0 Å². The van der Waals surface area contributed by atoms with Crippen molar-refractivity contribution in [3.05, 3.63) is 30.0 Å². The predicted molar refractivity (Wildman–Crippen MR) is 75.0 cm³/mol. The molecule has 0 aliphatic carbocycles. The van der Waals surface area contributed by atoms with Crippen molar-refractivity contribution in [3.8, 4) is 5.75 Å². The van der Waals surface area contributed by atoms with Crippen LogP contribution in [0.25, 0.3) is 0 Å². The van der Waals surface area contributed by atoms with Crippen LogP contribution in [-0.2, 0) is 10.0 Å². The summed E-state index contributed by atoms with van der Waals surface area (Å²) in [5, 5.41) is 9.43. The van der Waals surface area contributed by atoms with E-state index in [9.17, 15) is 13.5 Å². The zero-order valence-corrected chi connectivity index (χ0v) is 12.0. The van der Waals surface area contributed by atoms with E-state index in [2.05, 4.69) is 4.98 Å². The Hall–Kier alpha value is -1.80. The smallest absolute Gasteiger partial charge is 0.275 e. The van der Waals surface area contributed by atoms with Gasteiger partial charge in [-0.05, 0) is 31.2 Å².